The molecule has 1 atom stereocenters. The zero-order chi connectivity index (χ0) is 36.1. The van der Waals surface area contributed by atoms with Gasteiger partial charge in [0.1, 0.15) is 5.65 Å². The van der Waals surface area contributed by atoms with Crippen molar-refractivity contribution >= 4 is 52.4 Å². The number of hydrogen-bond acceptors (Lipinski definition) is 7. The molecule has 0 aliphatic heterocycles. The van der Waals surface area contributed by atoms with Crippen LogP contribution in [0.25, 0.3) is 21.9 Å². The standard InChI is InChI=1S/C40H42N6O5/c1-27(10-17-36(49)43-26-48)45(3)39(51)32-16-13-29(23-30(32)25-47)38(50)42-24-28-11-14-31(15-12-28)40(18-19-40)44(2)21-22-46-35-9-5-4-7-33(35)34-8-6-20-41-37(34)46/h4-9,11-16,20,23,25-27H,10,17-19,21-22,24H2,1-3H3,(H,42,50)(H,43,48,49). The van der Waals surface area contributed by atoms with Crippen LogP contribution >= 0.6 is 0 Å². The van der Waals surface area contributed by atoms with E-state index < -0.39 is 11.8 Å². The summed E-state index contributed by atoms with van der Waals surface area (Å²) in [6.07, 6.45) is 5.29. The number of benzene rings is 3. The predicted molar refractivity (Wildman–Crippen MR) is 195 cm³/mol. The Labute approximate surface area is 296 Å². The number of imide groups is 1. The Kier molecular flexibility index (Phi) is 10.4. The number of carbonyl (C=O) groups is 5. The van der Waals surface area contributed by atoms with Crippen molar-refractivity contribution in [3.05, 3.63) is 113 Å². The molecule has 4 amide bonds. The van der Waals surface area contributed by atoms with E-state index in [0.717, 1.165) is 37.1 Å². The summed E-state index contributed by atoms with van der Waals surface area (Å²) in [5.74, 6) is -1.20. The Hall–Kier alpha value is -5.68. The van der Waals surface area contributed by atoms with Crippen molar-refractivity contribution in [2.45, 2.75) is 57.3 Å². The molecule has 11 nitrogen and oxygen atoms in total. The molecule has 51 heavy (non-hydrogen) atoms. The fourth-order valence-electron chi connectivity index (χ4n) is 6.85. The van der Waals surface area contributed by atoms with Crippen LogP contribution < -0.4 is 10.6 Å². The van der Waals surface area contributed by atoms with Crippen LogP contribution in [0.2, 0.25) is 0 Å². The maximum Gasteiger partial charge on any atom is 0.254 e. The van der Waals surface area contributed by atoms with Crippen LogP contribution in [0.4, 0.5) is 0 Å². The second-order valence-corrected chi connectivity index (χ2v) is 13.3. The summed E-state index contributed by atoms with van der Waals surface area (Å²) in [4.78, 5) is 68.8. The third-order valence-electron chi connectivity index (χ3n) is 10.2. The van der Waals surface area contributed by atoms with Gasteiger partial charge in [-0.1, -0.05) is 42.5 Å². The topological polar surface area (TPSA) is 134 Å². The first-order chi connectivity index (χ1) is 24.7. The quantitative estimate of drug-likeness (QED) is 0.147. The Morgan fingerprint density at radius 3 is 2.43 bits per heavy atom. The van der Waals surface area contributed by atoms with Gasteiger partial charge in [0.05, 0.1) is 11.1 Å². The molecule has 11 heteroatoms. The lowest BCUT2D eigenvalue weighted by Gasteiger charge is -2.29. The van der Waals surface area contributed by atoms with Crippen molar-refractivity contribution in [1.82, 2.24) is 30.0 Å². The minimum Gasteiger partial charge on any atom is -0.348 e. The van der Waals surface area contributed by atoms with Gasteiger partial charge in [0.25, 0.3) is 11.8 Å². The van der Waals surface area contributed by atoms with Crippen LogP contribution in [0.3, 0.4) is 0 Å². The highest BCUT2D eigenvalue weighted by Crippen LogP contribution is 2.50. The SMILES string of the molecule is CC(CCC(=O)NC=O)N(C)C(=O)c1ccc(C(=O)NCc2ccc(C3(N(C)CCn4c5ccccc5c5cccnc54)CC3)cc2)cc1C=O. The minimum absolute atomic E-state index is 0.0186. The van der Waals surface area contributed by atoms with Crippen molar-refractivity contribution in [2.75, 3.05) is 20.6 Å². The average molecular weight is 687 g/mol. The van der Waals surface area contributed by atoms with Gasteiger partial charge in [-0.3, -0.25) is 34.2 Å². The van der Waals surface area contributed by atoms with Crippen LogP contribution in [-0.4, -0.2) is 76.5 Å². The average Bonchev–Trinajstić information content (AvgIpc) is 3.92. The number of likely N-dealkylation sites (N-methyl/N-ethyl adjacent to an activating group) is 1. The number of pyridine rings is 1. The fourth-order valence-corrected chi connectivity index (χ4v) is 6.85. The van der Waals surface area contributed by atoms with Gasteiger partial charge in [0.2, 0.25) is 12.3 Å². The van der Waals surface area contributed by atoms with Gasteiger partial charge in [0, 0.05) is 72.8 Å². The van der Waals surface area contributed by atoms with Gasteiger partial charge in [-0.25, -0.2) is 4.98 Å². The van der Waals surface area contributed by atoms with Crippen molar-refractivity contribution in [3.63, 3.8) is 0 Å². The highest BCUT2D eigenvalue weighted by atomic mass is 16.2. The number of para-hydroxylation sites is 1. The van der Waals surface area contributed by atoms with E-state index in [2.05, 4.69) is 69.6 Å². The zero-order valence-electron chi connectivity index (χ0n) is 29.1. The van der Waals surface area contributed by atoms with Crippen LogP contribution in [0.15, 0.2) is 85.1 Å². The summed E-state index contributed by atoms with van der Waals surface area (Å²) in [6.45, 7) is 3.77. The largest absolute Gasteiger partial charge is 0.348 e. The number of hydrogen-bond donors (Lipinski definition) is 2. The predicted octanol–water partition coefficient (Wildman–Crippen LogP) is 5.07. The second-order valence-electron chi connectivity index (χ2n) is 13.3. The molecule has 2 heterocycles. The van der Waals surface area contributed by atoms with Gasteiger partial charge in [-0.15, -0.1) is 0 Å². The molecule has 2 N–H and O–H groups in total. The Morgan fingerprint density at radius 2 is 1.71 bits per heavy atom. The summed E-state index contributed by atoms with van der Waals surface area (Å²) in [6, 6.07) is 25.0. The normalized spacial score (nSPS) is 13.9. The number of aldehydes is 1. The minimum atomic E-state index is -0.433. The summed E-state index contributed by atoms with van der Waals surface area (Å²) in [5, 5.41) is 7.39. The van der Waals surface area contributed by atoms with E-state index in [9.17, 15) is 24.0 Å². The number of nitrogens with zero attached hydrogens (tertiary/aromatic N) is 4. The monoisotopic (exact) mass is 686 g/mol. The molecular weight excluding hydrogens is 644 g/mol. The van der Waals surface area contributed by atoms with Crippen molar-refractivity contribution < 1.29 is 24.0 Å². The van der Waals surface area contributed by atoms with Crippen LogP contribution in [0.5, 0.6) is 0 Å². The van der Waals surface area contributed by atoms with E-state index in [1.54, 1.807) is 14.0 Å². The number of amides is 4. The molecule has 0 bridgehead atoms. The molecule has 0 radical (unpaired) electrons. The molecule has 0 spiro atoms. The molecule has 6 rings (SSSR count). The highest BCUT2D eigenvalue weighted by Gasteiger charge is 2.47. The molecule has 1 aliphatic rings. The highest BCUT2D eigenvalue weighted by molar-refractivity contribution is 6.06. The van der Waals surface area contributed by atoms with Crippen molar-refractivity contribution in [2.24, 2.45) is 0 Å². The van der Waals surface area contributed by atoms with E-state index in [0.29, 0.717) is 25.7 Å². The summed E-state index contributed by atoms with van der Waals surface area (Å²) in [5.41, 5.74) is 4.90. The first-order valence-corrected chi connectivity index (χ1v) is 17.2. The van der Waals surface area contributed by atoms with Crippen molar-refractivity contribution in [3.8, 4) is 0 Å². The maximum absolute atomic E-state index is 13.2. The number of aromatic nitrogens is 2. The van der Waals surface area contributed by atoms with E-state index >= 15 is 0 Å². The third-order valence-corrected chi connectivity index (χ3v) is 10.2. The van der Waals surface area contributed by atoms with E-state index in [1.807, 2.05) is 24.4 Å². The van der Waals surface area contributed by atoms with E-state index in [1.165, 1.54) is 45.0 Å². The summed E-state index contributed by atoms with van der Waals surface area (Å²) < 4.78 is 2.31. The smallest absolute Gasteiger partial charge is 0.254 e. The van der Waals surface area contributed by atoms with E-state index in [4.69, 9.17) is 4.98 Å². The van der Waals surface area contributed by atoms with Crippen LogP contribution in [-0.2, 0) is 28.2 Å². The molecule has 0 saturated heterocycles. The Morgan fingerprint density at radius 1 is 0.961 bits per heavy atom. The number of nitrogens with one attached hydrogen (secondary N) is 2. The van der Waals surface area contributed by atoms with Gasteiger partial charge in [-0.05, 0) is 80.8 Å². The molecule has 1 unspecified atom stereocenters. The molecular formula is C40H42N6O5. The Balaban J connectivity index is 1.05. The van der Waals surface area contributed by atoms with Crippen molar-refractivity contribution in [1.29, 1.82) is 0 Å². The molecule has 1 aliphatic carbocycles. The van der Waals surface area contributed by atoms with E-state index in [-0.39, 0.29) is 40.6 Å². The lowest BCUT2D eigenvalue weighted by Crippen LogP contribution is -2.36. The number of rotatable bonds is 15. The van der Waals surface area contributed by atoms with Crippen LogP contribution in [0, 0.1) is 0 Å². The fraction of sp³-hybridized carbons (Fsp3) is 0.300. The molecule has 1 fully saturated rings. The Bertz CT molecular complexity index is 2050. The third kappa shape index (κ3) is 7.29. The van der Waals surface area contributed by atoms with Gasteiger partial charge < -0.3 is 14.8 Å². The lowest BCUT2D eigenvalue weighted by atomic mass is 10.0. The number of carbonyl (C=O) groups excluding carboxylic acids is 5. The number of fused-ring (bicyclic) bond motifs is 3. The summed E-state index contributed by atoms with van der Waals surface area (Å²) >= 11 is 0. The second kappa shape index (κ2) is 15.1. The molecule has 1 saturated carbocycles. The first-order valence-electron chi connectivity index (χ1n) is 17.2. The van der Waals surface area contributed by atoms with Crippen LogP contribution in [0.1, 0.15) is 74.8 Å². The molecule has 3 aromatic carbocycles. The molecule has 5 aromatic rings. The summed E-state index contributed by atoms with van der Waals surface area (Å²) in [7, 11) is 3.77. The van der Waals surface area contributed by atoms with Gasteiger partial charge >= 0.3 is 0 Å². The lowest BCUT2D eigenvalue weighted by molar-refractivity contribution is -0.125. The maximum atomic E-state index is 13.2. The van der Waals surface area contributed by atoms with Gasteiger partial charge in [0.15, 0.2) is 6.29 Å². The molecule has 262 valence electrons. The van der Waals surface area contributed by atoms with Gasteiger partial charge in [-0.2, -0.15) is 0 Å². The molecule has 2 aromatic heterocycles. The zero-order valence-corrected chi connectivity index (χ0v) is 29.1. The first kappa shape index (κ1) is 35.2.